The molecule has 4 rings (SSSR count). The summed E-state index contributed by atoms with van der Waals surface area (Å²) in [6, 6.07) is 13.8. The molecule has 144 valence electrons. The van der Waals surface area contributed by atoms with Gasteiger partial charge in [-0.05, 0) is 24.6 Å². The van der Waals surface area contributed by atoms with Crippen molar-refractivity contribution < 1.29 is 4.92 Å². The number of aryl methyl sites for hydroxylation is 1. The minimum atomic E-state index is -0.511. The number of nitrogens with zero attached hydrogens (tertiary/aromatic N) is 4. The molecule has 0 amide bonds. The molecule has 0 fully saturated rings. The maximum Gasteiger partial charge on any atom is 0.296 e. The van der Waals surface area contributed by atoms with Crippen LogP contribution in [-0.2, 0) is 6.42 Å². The van der Waals surface area contributed by atoms with Gasteiger partial charge in [-0.3, -0.25) is 19.7 Å². The third-order valence-electron chi connectivity index (χ3n) is 4.36. The maximum absolute atomic E-state index is 12.7. The van der Waals surface area contributed by atoms with E-state index in [9.17, 15) is 19.7 Å². The molecular formula is C20H14N4O4S. The summed E-state index contributed by atoms with van der Waals surface area (Å²) >= 11 is 0.969. The number of nitro groups is 1. The van der Waals surface area contributed by atoms with Crippen LogP contribution in [0.2, 0.25) is 0 Å². The van der Waals surface area contributed by atoms with E-state index >= 15 is 0 Å². The second kappa shape index (κ2) is 7.36. The Morgan fingerprint density at radius 2 is 1.86 bits per heavy atom. The van der Waals surface area contributed by atoms with Crippen molar-refractivity contribution in [3.8, 4) is 0 Å². The molecule has 0 saturated carbocycles. The lowest BCUT2D eigenvalue weighted by atomic mass is 10.1. The number of nitro benzene ring substituents is 1. The van der Waals surface area contributed by atoms with Gasteiger partial charge in [0.1, 0.15) is 5.69 Å². The Balaban J connectivity index is 1.83. The van der Waals surface area contributed by atoms with Gasteiger partial charge in [-0.2, -0.15) is 14.6 Å². The van der Waals surface area contributed by atoms with Crippen molar-refractivity contribution in [2.24, 2.45) is 0 Å². The van der Waals surface area contributed by atoms with Crippen molar-refractivity contribution in [2.75, 3.05) is 0 Å². The number of aromatic nitrogens is 3. The van der Waals surface area contributed by atoms with Crippen LogP contribution >= 0.6 is 11.3 Å². The van der Waals surface area contributed by atoms with E-state index in [2.05, 4.69) is 10.1 Å². The first-order valence-electron chi connectivity index (χ1n) is 8.66. The molecule has 0 aliphatic heterocycles. The highest BCUT2D eigenvalue weighted by molar-refractivity contribution is 7.15. The molecule has 0 aliphatic carbocycles. The van der Waals surface area contributed by atoms with Gasteiger partial charge in [0, 0.05) is 12.5 Å². The fourth-order valence-electron chi connectivity index (χ4n) is 2.87. The van der Waals surface area contributed by atoms with E-state index in [1.807, 2.05) is 31.2 Å². The molecule has 29 heavy (non-hydrogen) atoms. The van der Waals surface area contributed by atoms with Crippen molar-refractivity contribution in [2.45, 2.75) is 13.3 Å². The first-order valence-corrected chi connectivity index (χ1v) is 9.47. The highest BCUT2D eigenvalue weighted by Crippen LogP contribution is 2.18. The van der Waals surface area contributed by atoms with Crippen molar-refractivity contribution in [3.05, 3.63) is 106 Å². The second-order valence-corrected chi connectivity index (χ2v) is 7.46. The lowest BCUT2D eigenvalue weighted by Gasteiger charge is -2.01. The zero-order chi connectivity index (χ0) is 20.5. The first kappa shape index (κ1) is 18.6. The van der Waals surface area contributed by atoms with Crippen molar-refractivity contribution in [3.63, 3.8) is 0 Å². The Bertz CT molecular complexity index is 1410. The number of hydrogen-bond acceptors (Lipinski definition) is 7. The second-order valence-electron chi connectivity index (χ2n) is 6.45. The zero-order valence-corrected chi connectivity index (χ0v) is 16.0. The van der Waals surface area contributed by atoms with Gasteiger partial charge in [-0.15, -0.1) is 0 Å². The molecule has 0 unspecified atom stereocenters. The van der Waals surface area contributed by atoms with Crippen LogP contribution in [0.4, 0.5) is 5.69 Å². The van der Waals surface area contributed by atoms with Crippen molar-refractivity contribution in [1.82, 2.24) is 14.6 Å². The van der Waals surface area contributed by atoms with E-state index in [0.29, 0.717) is 5.56 Å². The largest absolute Gasteiger partial charge is 0.296 e. The highest BCUT2D eigenvalue weighted by atomic mass is 32.1. The molecule has 2 aromatic heterocycles. The van der Waals surface area contributed by atoms with Gasteiger partial charge < -0.3 is 0 Å². The Morgan fingerprint density at radius 1 is 1.14 bits per heavy atom. The van der Waals surface area contributed by atoms with E-state index in [1.165, 1.54) is 12.1 Å². The minimum absolute atomic E-state index is 0.111. The number of para-hydroxylation sites is 1. The monoisotopic (exact) mass is 406 g/mol. The summed E-state index contributed by atoms with van der Waals surface area (Å²) in [7, 11) is 0. The van der Waals surface area contributed by atoms with Crippen LogP contribution in [-0.4, -0.2) is 19.5 Å². The molecule has 0 atom stereocenters. The summed E-state index contributed by atoms with van der Waals surface area (Å²) < 4.78 is 1.29. The van der Waals surface area contributed by atoms with Gasteiger partial charge in [-0.25, -0.2) is 0 Å². The summed E-state index contributed by atoms with van der Waals surface area (Å²) in [4.78, 5) is 39.9. The summed E-state index contributed by atoms with van der Waals surface area (Å²) in [5.74, 6) is 0. The molecule has 2 aromatic carbocycles. The number of rotatable bonds is 4. The van der Waals surface area contributed by atoms with Gasteiger partial charge in [0.2, 0.25) is 4.96 Å². The van der Waals surface area contributed by atoms with Crippen LogP contribution in [0.25, 0.3) is 11.0 Å². The Hall–Kier alpha value is -3.72. The molecule has 9 heteroatoms. The Morgan fingerprint density at radius 3 is 2.59 bits per heavy atom. The van der Waals surface area contributed by atoms with Gasteiger partial charge in [0.25, 0.3) is 16.8 Å². The van der Waals surface area contributed by atoms with Crippen LogP contribution in [0, 0.1) is 17.0 Å². The minimum Gasteiger partial charge on any atom is -0.266 e. The Labute approximate surface area is 167 Å². The number of thiazole rings is 1. The van der Waals surface area contributed by atoms with E-state index < -0.39 is 16.0 Å². The normalized spacial score (nSPS) is 11.8. The third-order valence-corrected chi connectivity index (χ3v) is 5.32. The van der Waals surface area contributed by atoms with E-state index in [4.69, 9.17) is 0 Å². The van der Waals surface area contributed by atoms with Crippen LogP contribution in [0.3, 0.4) is 0 Å². The predicted molar refractivity (Wildman–Crippen MR) is 109 cm³/mol. The average Bonchev–Trinajstić information content (AvgIpc) is 2.99. The maximum atomic E-state index is 12.7. The molecule has 0 spiro atoms. The van der Waals surface area contributed by atoms with Crippen LogP contribution in [0.1, 0.15) is 22.4 Å². The molecule has 8 nitrogen and oxygen atoms in total. The molecule has 0 N–H and O–H groups in total. The fourth-order valence-corrected chi connectivity index (χ4v) is 3.76. The first-order chi connectivity index (χ1) is 13.9. The lowest BCUT2D eigenvalue weighted by molar-refractivity contribution is -0.385. The molecule has 0 radical (unpaired) electrons. The smallest absolute Gasteiger partial charge is 0.266 e. The lowest BCUT2D eigenvalue weighted by Crippen LogP contribution is -2.28. The predicted octanol–water partition coefficient (Wildman–Crippen LogP) is 1.87. The molecule has 0 saturated heterocycles. The number of fused-ring (bicyclic) bond motifs is 1. The highest BCUT2D eigenvalue weighted by Gasteiger charge is 2.14. The summed E-state index contributed by atoms with van der Waals surface area (Å²) in [6.07, 6.45) is 1.68. The zero-order valence-electron chi connectivity index (χ0n) is 15.2. The van der Waals surface area contributed by atoms with E-state index in [0.717, 1.165) is 27.0 Å². The average molecular weight is 406 g/mol. The standard InChI is InChI=1S/C20H14N4O4S/c1-12-6-8-13(9-7-12)10-15-18(25)21-20-23(22-15)19(26)17(29-20)11-14-4-2-3-5-16(14)24(27)28/h2-9,11H,10H2,1H3/b17-11-. The topological polar surface area (TPSA) is 107 Å². The number of hydrogen-bond donors (Lipinski definition) is 0. The number of benzene rings is 2. The van der Waals surface area contributed by atoms with E-state index in [-0.39, 0.29) is 27.3 Å². The van der Waals surface area contributed by atoms with Gasteiger partial charge >= 0.3 is 0 Å². The van der Waals surface area contributed by atoms with E-state index in [1.54, 1.807) is 18.2 Å². The van der Waals surface area contributed by atoms with Crippen LogP contribution < -0.4 is 15.7 Å². The quantitative estimate of drug-likeness (QED) is 0.378. The summed E-state index contributed by atoms with van der Waals surface area (Å²) in [6.45, 7) is 1.97. The Kier molecular flexibility index (Phi) is 4.73. The molecule has 0 bridgehead atoms. The third kappa shape index (κ3) is 3.67. The summed E-state index contributed by atoms with van der Waals surface area (Å²) in [5, 5.41) is 15.4. The molecule has 4 aromatic rings. The SMILES string of the molecule is Cc1ccc(Cc2nn3c(=O)/c(=C/c4ccccc4[N+](=O)[O-])sc3nc2=O)cc1. The summed E-state index contributed by atoms with van der Waals surface area (Å²) in [5.41, 5.74) is 1.37. The fraction of sp³-hybridized carbons (Fsp3) is 0.100. The molecule has 0 aliphatic rings. The van der Waals surface area contributed by atoms with Crippen LogP contribution in [0.15, 0.2) is 58.1 Å². The van der Waals surface area contributed by atoms with Gasteiger partial charge in [0.05, 0.1) is 15.0 Å². The van der Waals surface area contributed by atoms with Crippen LogP contribution in [0.5, 0.6) is 0 Å². The van der Waals surface area contributed by atoms with Crippen molar-refractivity contribution in [1.29, 1.82) is 0 Å². The van der Waals surface area contributed by atoms with Gasteiger partial charge in [-0.1, -0.05) is 53.3 Å². The molecule has 2 heterocycles. The van der Waals surface area contributed by atoms with Crippen molar-refractivity contribution >= 4 is 28.1 Å². The van der Waals surface area contributed by atoms with Gasteiger partial charge in [0.15, 0.2) is 0 Å². The molecular weight excluding hydrogens is 392 g/mol.